The van der Waals surface area contributed by atoms with Crippen LogP contribution in [0.1, 0.15) is 48.0 Å². The van der Waals surface area contributed by atoms with E-state index in [0.717, 1.165) is 0 Å². The number of ether oxygens (including phenoxy) is 2. The molecule has 26 heavy (non-hydrogen) atoms. The Morgan fingerprint density at radius 2 is 1.50 bits per heavy atom. The van der Waals surface area contributed by atoms with Crippen LogP contribution in [0.25, 0.3) is 0 Å². The quantitative estimate of drug-likeness (QED) is 0.406. The van der Waals surface area contributed by atoms with Gasteiger partial charge in [-0.3, -0.25) is 25.0 Å². The molecule has 1 N–H and O–H groups in total. The maximum absolute atomic E-state index is 13.0. The molecule has 0 rings (SSSR count). The summed E-state index contributed by atoms with van der Waals surface area (Å²) in [5.74, 6) is -2.08. The van der Waals surface area contributed by atoms with Gasteiger partial charge in [-0.15, -0.1) is 0 Å². The van der Waals surface area contributed by atoms with Crippen LogP contribution in [0, 0.1) is 10.1 Å². The van der Waals surface area contributed by atoms with Gasteiger partial charge in [0.25, 0.3) is 0 Å². The van der Waals surface area contributed by atoms with Crippen LogP contribution >= 0.6 is 0 Å². The van der Waals surface area contributed by atoms with Crippen molar-refractivity contribution in [2.75, 3.05) is 6.54 Å². The summed E-state index contributed by atoms with van der Waals surface area (Å²) in [6.07, 6.45) is -5.77. The molecule has 8 nitrogen and oxygen atoms in total. The highest BCUT2D eigenvalue weighted by atomic mass is 19.4. The van der Waals surface area contributed by atoms with E-state index < -0.39 is 59.3 Å². The molecular weight excluding hydrogens is 361 g/mol. The van der Waals surface area contributed by atoms with E-state index in [4.69, 9.17) is 9.47 Å². The first kappa shape index (κ1) is 24.1. The summed E-state index contributed by atoms with van der Waals surface area (Å²) < 4.78 is 49.0. The molecule has 152 valence electrons. The summed E-state index contributed by atoms with van der Waals surface area (Å²) >= 11 is 0. The van der Waals surface area contributed by atoms with E-state index in [-0.39, 0.29) is 0 Å². The Balaban J connectivity index is 5.44. The van der Waals surface area contributed by atoms with Crippen molar-refractivity contribution in [1.29, 1.82) is 0 Å². The van der Waals surface area contributed by atoms with Gasteiger partial charge in [-0.2, -0.15) is 13.2 Å². The van der Waals surface area contributed by atoms with Crippen molar-refractivity contribution in [3.63, 3.8) is 0 Å². The molecule has 0 aromatic carbocycles. The molecule has 0 spiro atoms. The maximum atomic E-state index is 13.0. The van der Waals surface area contributed by atoms with Crippen molar-refractivity contribution in [2.24, 2.45) is 0 Å². The van der Waals surface area contributed by atoms with E-state index in [1.807, 2.05) is 5.32 Å². The zero-order valence-corrected chi connectivity index (χ0v) is 15.6. The number of hydrogen-bond acceptors (Lipinski definition) is 7. The molecule has 0 heterocycles. The SMILES string of the molecule is CC(C)(C)OC(=O)C[C@H](N[C@H](C[N+](=O)[O-])C(F)(F)F)C(=O)OC(C)(C)C. The number of hydrogen-bond donors (Lipinski definition) is 1. The molecule has 0 aliphatic heterocycles. The van der Waals surface area contributed by atoms with Gasteiger partial charge in [0, 0.05) is 4.92 Å². The van der Waals surface area contributed by atoms with Crippen molar-refractivity contribution in [3.05, 3.63) is 10.1 Å². The highest BCUT2D eigenvalue weighted by Gasteiger charge is 2.46. The standard InChI is InChI=1S/C15H25F3N2O6/c1-13(2,3)25-11(21)7-9(12(22)26-14(4,5)6)19-10(8-20(23)24)15(16,17)18/h9-10,19H,7-8H2,1-6H3/t9-,10+/m0/s1. The van der Waals surface area contributed by atoms with Gasteiger partial charge >= 0.3 is 18.1 Å². The molecule has 0 unspecified atom stereocenters. The van der Waals surface area contributed by atoms with Crippen molar-refractivity contribution >= 4 is 11.9 Å². The zero-order valence-electron chi connectivity index (χ0n) is 15.6. The highest BCUT2D eigenvalue weighted by molar-refractivity contribution is 5.83. The minimum absolute atomic E-state index is 0.767. The van der Waals surface area contributed by atoms with Crippen LogP contribution in [-0.4, -0.2) is 52.9 Å². The van der Waals surface area contributed by atoms with Gasteiger partial charge in [-0.25, -0.2) is 0 Å². The Kier molecular flexibility index (Phi) is 8.02. The molecule has 0 aromatic rings. The Morgan fingerprint density at radius 3 is 1.85 bits per heavy atom. The van der Waals surface area contributed by atoms with Crippen LogP contribution in [0.15, 0.2) is 0 Å². The van der Waals surface area contributed by atoms with E-state index in [2.05, 4.69) is 0 Å². The molecule has 0 fully saturated rings. The van der Waals surface area contributed by atoms with Gasteiger partial charge in [-0.1, -0.05) is 0 Å². The summed E-state index contributed by atoms with van der Waals surface area (Å²) in [7, 11) is 0. The molecule has 0 amide bonds. The molecule has 11 heteroatoms. The van der Waals surface area contributed by atoms with Gasteiger partial charge in [0.2, 0.25) is 6.54 Å². The summed E-state index contributed by atoms with van der Waals surface area (Å²) in [5.41, 5.74) is -1.94. The number of alkyl halides is 3. The van der Waals surface area contributed by atoms with Gasteiger partial charge in [0.05, 0.1) is 6.42 Å². The van der Waals surface area contributed by atoms with E-state index >= 15 is 0 Å². The zero-order chi connectivity index (χ0) is 20.9. The van der Waals surface area contributed by atoms with E-state index in [1.165, 1.54) is 20.8 Å². The first-order valence-corrected chi connectivity index (χ1v) is 7.80. The monoisotopic (exact) mass is 386 g/mol. The highest BCUT2D eigenvalue weighted by Crippen LogP contribution is 2.22. The number of rotatable bonds is 7. The van der Waals surface area contributed by atoms with Crippen molar-refractivity contribution in [3.8, 4) is 0 Å². The van der Waals surface area contributed by atoms with E-state index in [9.17, 15) is 32.9 Å². The summed E-state index contributed by atoms with van der Waals surface area (Å²) in [6.45, 7) is 7.62. The number of nitro groups is 1. The lowest BCUT2D eigenvalue weighted by Gasteiger charge is -2.28. The first-order valence-electron chi connectivity index (χ1n) is 7.80. The van der Waals surface area contributed by atoms with E-state index in [1.54, 1.807) is 20.8 Å². The van der Waals surface area contributed by atoms with Crippen LogP contribution in [0.3, 0.4) is 0 Å². The summed E-state index contributed by atoms with van der Waals surface area (Å²) in [6, 6.07) is -4.38. The molecule has 2 atom stereocenters. The van der Waals surface area contributed by atoms with Gasteiger partial charge in [0.1, 0.15) is 17.2 Å². The predicted molar refractivity (Wildman–Crippen MR) is 84.9 cm³/mol. The molecule has 0 saturated carbocycles. The van der Waals surface area contributed by atoms with E-state index in [0.29, 0.717) is 0 Å². The Hall–Kier alpha value is -1.91. The molecule has 0 radical (unpaired) electrons. The second-order valence-corrected chi connectivity index (χ2v) is 7.65. The third kappa shape index (κ3) is 10.9. The first-order chi connectivity index (χ1) is 11.4. The molecular formula is C15H25F3N2O6. The fourth-order valence-electron chi connectivity index (χ4n) is 1.78. The number of carbonyl (C=O) groups is 2. The normalized spacial score (nSPS) is 15.1. The van der Waals surface area contributed by atoms with Crippen LogP contribution < -0.4 is 5.32 Å². The molecule has 0 saturated heterocycles. The fourth-order valence-corrected chi connectivity index (χ4v) is 1.78. The van der Waals surface area contributed by atoms with Gasteiger partial charge in [0.15, 0.2) is 6.04 Å². The fraction of sp³-hybridized carbons (Fsp3) is 0.867. The number of nitrogens with one attached hydrogen (secondary N) is 1. The minimum atomic E-state index is -5.00. The number of nitrogens with zero attached hydrogens (tertiary/aromatic N) is 1. The third-order valence-electron chi connectivity index (χ3n) is 2.61. The molecule has 0 aromatic heterocycles. The lowest BCUT2D eigenvalue weighted by atomic mass is 10.1. The Labute approximate surface area is 149 Å². The van der Waals surface area contributed by atoms with Crippen LogP contribution in [-0.2, 0) is 19.1 Å². The molecule has 0 aliphatic rings. The van der Waals surface area contributed by atoms with Gasteiger partial charge in [-0.05, 0) is 41.5 Å². The lowest BCUT2D eigenvalue weighted by Crippen LogP contribution is -2.55. The number of carbonyl (C=O) groups excluding carboxylic acids is 2. The molecule has 0 bridgehead atoms. The third-order valence-corrected chi connectivity index (χ3v) is 2.61. The van der Waals surface area contributed by atoms with Crippen molar-refractivity contribution in [2.45, 2.75) is 77.4 Å². The van der Waals surface area contributed by atoms with Gasteiger partial charge < -0.3 is 9.47 Å². The summed E-state index contributed by atoms with van der Waals surface area (Å²) in [4.78, 5) is 33.4. The minimum Gasteiger partial charge on any atom is -0.460 e. The summed E-state index contributed by atoms with van der Waals surface area (Å²) in [5, 5.41) is 12.3. The second-order valence-electron chi connectivity index (χ2n) is 7.65. The average Bonchev–Trinajstić information content (AvgIpc) is 2.30. The Bertz CT molecular complexity index is 523. The largest absolute Gasteiger partial charge is 0.460 e. The average molecular weight is 386 g/mol. The second kappa shape index (κ2) is 8.65. The maximum Gasteiger partial charge on any atom is 0.410 e. The topological polar surface area (TPSA) is 108 Å². The Morgan fingerprint density at radius 1 is 1.04 bits per heavy atom. The smallest absolute Gasteiger partial charge is 0.410 e. The van der Waals surface area contributed by atoms with Crippen molar-refractivity contribution < 1.29 is 37.2 Å². The predicted octanol–water partition coefficient (Wildman–Crippen LogP) is 2.23. The number of halogens is 3. The van der Waals surface area contributed by atoms with Crippen LogP contribution in [0.4, 0.5) is 13.2 Å². The van der Waals surface area contributed by atoms with Crippen LogP contribution in [0.2, 0.25) is 0 Å². The van der Waals surface area contributed by atoms with Crippen LogP contribution in [0.5, 0.6) is 0 Å². The van der Waals surface area contributed by atoms with Crippen molar-refractivity contribution in [1.82, 2.24) is 5.32 Å². The molecule has 0 aliphatic carbocycles. The lowest BCUT2D eigenvalue weighted by molar-refractivity contribution is -0.491. The number of esters is 2.